The molecule has 54 heavy (non-hydrogen) atoms. The molecule has 0 aromatic carbocycles. The van der Waals surface area contributed by atoms with Crippen LogP contribution in [0.5, 0.6) is 0 Å². The number of likely N-dealkylation sites (tertiary alicyclic amines) is 1. The van der Waals surface area contributed by atoms with E-state index in [-0.39, 0.29) is 29.0 Å². The number of carbonyl (C=O) groups is 7. The number of Topliss-reactive ketones (excluding diaryl/α,β-unsaturated/α-hetero) is 1. The molecule has 0 aromatic rings. The molecule has 0 radical (unpaired) electrons. The topological polar surface area (TPSA) is 218 Å². The second-order valence-electron chi connectivity index (χ2n) is 18.1. The molecule has 4 heterocycles. The molecule has 6 fully saturated rings. The van der Waals surface area contributed by atoms with Crippen LogP contribution in [0.3, 0.4) is 0 Å². The number of thioether (sulfide) groups is 1. The summed E-state index contributed by atoms with van der Waals surface area (Å²) < 4.78 is 15.4. The van der Waals surface area contributed by atoms with Gasteiger partial charge < -0.3 is 29.5 Å². The van der Waals surface area contributed by atoms with E-state index in [9.17, 15) is 48.9 Å². The zero-order chi connectivity index (χ0) is 41.4. The van der Waals surface area contributed by atoms with Crippen molar-refractivity contribution < 1.29 is 63.1 Å². The van der Waals surface area contributed by atoms with Crippen LogP contribution in [0.2, 0.25) is 0 Å². The number of hydrogen-bond donors (Lipinski definition) is 3. The number of nitrogens with zero attached hydrogens (tertiary/aromatic N) is 3. The molecule has 6 rings (SSSR count). The number of piperidine rings is 2. The summed E-state index contributed by atoms with van der Waals surface area (Å²) in [5.41, 5.74) is -3.00. The Balaban J connectivity index is 0.000000218. The van der Waals surface area contributed by atoms with Crippen LogP contribution in [-0.2, 0) is 33.4 Å². The van der Waals surface area contributed by atoms with E-state index in [0.29, 0.717) is 5.88 Å². The number of rotatable bonds is 3. The van der Waals surface area contributed by atoms with E-state index >= 15 is 0 Å². The molecule has 2 aliphatic carbocycles. The third-order valence-electron chi connectivity index (χ3n) is 9.99. The lowest BCUT2D eigenvalue weighted by molar-refractivity contribution is -0.152. The summed E-state index contributed by atoms with van der Waals surface area (Å²) in [6, 6.07) is -2.59. The van der Waals surface area contributed by atoms with Gasteiger partial charge >= 0.3 is 36.2 Å². The highest BCUT2D eigenvalue weighted by Gasteiger charge is 2.58. The molecule has 3 N–H and O–H groups in total. The molecule has 2 saturated carbocycles. The Kier molecular flexibility index (Phi) is 13.3. The van der Waals surface area contributed by atoms with Crippen LogP contribution >= 0.6 is 11.8 Å². The minimum Gasteiger partial charge on any atom is -0.480 e. The largest absolute Gasteiger partial charge is 0.480 e. The number of ether oxygens (including phenoxy) is 3. The van der Waals surface area contributed by atoms with Gasteiger partial charge in [-0.3, -0.25) is 19.5 Å². The number of hydrogen-bond acceptors (Lipinski definition) is 11. The summed E-state index contributed by atoms with van der Waals surface area (Å²) >= 11 is 1.57. The van der Waals surface area contributed by atoms with Crippen LogP contribution in [-0.4, -0.2) is 130 Å². The van der Waals surface area contributed by atoms with Gasteiger partial charge in [-0.25, -0.2) is 28.8 Å². The second-order valence-corrected chi connectivity index (χ2v) is 19.5. The number of amides is 3. The van der Waals surface area contributed by atoms with Crippen molar-refractivity contribution >= 4 is 53.7 Å². The summed E-state index contributed by atoms with van der Waals surface area (Å²) in [7, 11) is 0. The van der Waals surface area contributed by atoms with E-state index < -0.39 is 76.5 Å². The third kappa shape index (κ3) is 10.5. The molecule has 3 atom stereocenters. The molecule has 306 valence electrons. The van der Waals surface area contributed by atoms with Crippen LogP contribution in [0.1, 0.15) is 121 Å². The van der Waals surface area contributed by atoms with Gasteiger partial charge in [0.05, 0.1) is 17.8 Å². The average Bonchev–Trinajstić information content (AvgIpc) is 3.51. The fourth-order valence-corrected chi connectivity index (χ4v) is 9.00. The van der Waals surface area contributed by atoms with E-state index in [1.54, 1.807) is 74.1 Å². The summed E-state index contributed by atoms with van der Waals surface area (Å²) in [4.78, 5) is 85.7. The van der Waals surface area contributed by atoms with Gasteiger partial charge in [-0.15, -0.1) is 11.8 Å². The van der Waals surface area contributed by atoms with E-state index in [0.717, 1.165) is 49.8 Å². The number of carboxylic acids is 3. The first-order valence-electron chi connectivity index (χ1n) is 18.4. The van der Waals surface area contributed by atoms with Crippen LogP contribution < -0.4 is 0 Å². The molecule has 1 spiro atoms. The summed E-state index contributed by atoms with van der Waals surface area (Å²) in [6.07, 6.45) is 4.61. The SMILES string of the molecule is CC(C)(C)OC(=O)N1C2CCC(CC2)[C@H]1C(=O)O.CC(C)(C)OC(=O)N1CC(=O)C(C)(C)[C@H]1C(=O)O.CC(C)(C)OC(=O)N1CSC2(CCC2)[C@H]1C(=O)O. The van der Waals surface area contributed by atoms with Crippen molar-refractivity contribution in [1.82, 2.24) is 14.7 Å². The molecule has 16 nitrogen and oxygen atoms in total. The Morgan fingerprint density at radius 2 is 1.11 bits per heavy atom. The summed E-state index contributed by atoms with van der Waals surface area (Å²) in [6.45, 7) is 18.6. The number of aliphatic carboxylic acids is 3. The van der Waals surface area contributed by atoms with Gasteiger partial charge in [0, 0.05) is 10.8 Å². The van der Waals surface area contributed by atoms with E-state index in [2.05, 4.69) is 0 Å². The Bertz CT molecular complexity index is 1470. The van der Waals surface area contributed by atoms with Gasteiger partial charge in [0.25, 0.3) is 0 Å². The fourth-order valence-electron chi connectivity index (χ4n) is 7.39. The van der Waals surface area contributed by atoms with Crippen LogP contribution in [0.15, 0.2) is 0 Å². The van der Waals surface area contributed by atoms with E-state index in [1.807, 2.05) is 0 Å². The molecule has 0 aromatic heterocycles. The lowest BCUT2D eigenvalue weighted by Gasteiger charge is -2.49. The normalized spacial score (nSPS) is 26.8. The Morgan fingerprint density at radius 3 is 1.50 bits per heavy atom. The van der Waals surface area contributed by atoms with Gasteiger partial charge in [0.15, 0.2) is 5.78 Å². The molecule has 0 unspecified atom stereocenters. The fraction of sp³-hybridized carbons (Fsp3) is 0.811. The summed E-state index contributed by atoms with van der Waals surface area (Å²) in [5.74, 6) is -2.82. The number of ketones is 1. The highest BCUT2D eigenvalue weighted by Crippen LogP contribution is 2.53. The summed E-state index contributed by atoms with van der Waals surface area (Å²) in [5, 5.41) is 27.9. The zero-order valence-corrected chi connectivity index (χ0v) is 34.2. The first-order valence-corrected chi connectivity index (χ1v) is 19.4. The van der Waals surface area contributed by atoms with Crippen molar-refractivity contribution in [2.75, 3.05) is 12.4 Å². The van der Waals surface area contributed by atoms with Crippen molar-refractivity contribution in [3.05, 3.63) is 0 Å². The lowest BCUT2D eigenvalue weighted by atomic mass is 9.75. The minimum absolute atomic E-state index is 0.0333. The monoisotopic (exact) mass is 785 g/mol. The Hall–Kier alpha value is -3.76. The van der Waals surface area contributed by atoms with Gasteiger partial charge in [0.1, 0.15) is 34.9 Å². The number of carboxylic acid groups (broad SMARTS) is 3. The van der Waals surface area contributed by atoms with Crippen molar-refractivity contribution in [1.29, 1.82) is 0 Å². The third-order valence-corrected chi connectivity index (χ3v) is 11.6. The van der Waals surface area contributed by atoms with Crippen LogP contribution in [0, 0.1) is 11.3 Å². The predicted octanol–water partition coefficient (Wildman–Crippen LogP) is 5.84. The lowest BCUT2D eigenvalue weighted by Crippen LogP contribution is -2.61. The van der Waals surface area contributed by atoms with Crippen molar-refractivity contribution in [2.45, 2.75) is 167 Å². The van der Waals surface area contributed by atoms with Crippen molar-refractivity contribution in [3.8, 4) is 0 Å². The number of carbonyl (C=O) groups excluding carboxylic acids is 4. The van der Waals surface area contributed by atoms with E-state index in [1.165, 1.54) is 23.6 Å². The smallest absolute Gasteiger partial charge is 0.411 e. The molecular weight excluding hydrogens is 726 g/mol. The van der Waals surface area contributed by atoms with Gasteiger partial charge in [0.2, 0.25) is 0 Å². The quantitative estimate of drug-likeness (QED) is 0.287. The molecule has 2 bridgehead atoms. The van der Waals surface area contributed by atoms with Gasteiger partial charge in [-0.1, -0.05) is 20.3 Å². The maximum atomic E-state index is 12.2. The standard InChI is InChI=1S/C13H21NO4.C12H19NO5.C12H19NO4S/c1-13(2,3)18-12(17)14-9-6-4-8(5-7-9)10(14)11(15)16;1-11(2,3)18-10(17)13-6-7(14)12(4,5)8(13)9(15)16;1-11(2,3)17-10(16)13-7-18-12(5-4-6-12)8(13)9(14)15/h8-10H,4-7H2,1-3H3,(H,15,16);8H,6H2,1-5H3,(H,15,16);8H,4-7H2,1-3H3,(H,14,15)/t8?,9?,10-;2*8-/m011/s1. The second kappa shape index (κ2) is 16.1. The number of fused-ring (bicyclic) bond motifs is 3. The first-order chi connectivity index (χ1) is 24.5. The maximum absolute atomic E-state index is 12.2. The van der Waals surface area contributed by atoms with Crippen molar-refractivity contribution in [2.24, 2.45) is 11.3 Å². The van der Waals surface area contributed by atoms with E-state index in [4.69, 9.17) is 14.2 Å². The Labute approximate surface area is 321 Å². The predicted molar refractivity (Wildman–Crippen MR) is 197 cm³/mol. The average molecular weight is 786 g/mol. The highest BCUT2D eigenvalue weighted by molar-refractivity contribution is 8.01. The zero-order valence-electron chi connectivity index (χ0n) is 33.4. The van der Waals surface area contributed by atoms with Gasteiger partial charge in [-0.05, 0) is 107 Å². The molecule has 17 heteroatoms. The molecule has 4 saturated heterocycles. The minimum atomic E-state index is -1.20. The van der Waals surface area contributed by atoms with Gasteiger partial charge in [-0.2, -0.15) is 0 Å². The molecule has 4 aliphatic heterocycles. The highest BCUT2D eigenvalue weighted by atomic mass is 32.2. The van der Waals surface area contributed by atoms with Crippen molar-refractivity contribution in [3.63, 3.8) is 0 Å². The first kappa shape index (κ1) is 44.6. The van der Waals surface area contributed by atoms with Crippen LogP contribution in [0.4, 0.5) is 14.4 Å². The maximum Gasteiger partial charge on any atom is 0.411 e. The van der Waals surface area contributed by atoms with Crippen LogP contribution in [0.25, 0.3) is 0 Å². The Morgan fingerprint density at radius 1 is 0.667 bits per heavy atom. The molecule has 3 amide bonds. The molecule has 6 aliphatic rings. The molecular formula is C37H59N3O13S.